The molecule has 184 valence electrons. The largest absolute Gasteiger partial charge is 0.435 e. The number of hydrogen-bond acceptors (Lipinski definition) is 5. The molecule has 1 fully saturated rings. The van der Waals surface area contributed by atoms with Gasteiger partial charge in [-0.05, 0) is 37.0 Å². The van der Waals surface area contributed by atoms with Crippen LogP contribution < -0.4 is 5.32 Å². The molecule has 1 aromatic carbocycles. The molecule has 0 aliphatic carbocycles. The highest BCUT2D eigenvalue weighted by molar-refractivity contribution is 7.09. The van der Waals surface area contributed by atoms with Crippen LogP contribution in [0.1, 0.15) is 58.9 Å². The quantitative estimate of drug-likeness (QED) is 0.525. The lowest BCUT2D eigenvalue weighted by Crippen LogP contribution is -2.40. The molecule has 1 atom stereocenters. The highest BCUT2D eigenvalue weighted by atomic mass is 32.1. The molecule has 0 bridgehead atoms. The van der Waals surface area contributed by atoms with Crippen LogP contribution in [-0.4, -0.2) is 38.7 Å². The van der Waals surface area contributed by atoms with E-state index >= 15 is 0 Å². The molecule has 4 heterocycles. The molecule has 0 spiro atoms. The van der Waals surface area contributed by atoms with Gasteiger partial charge in [-0.25, -0.2) is 4.98 Å². The summed E-state index contributed by atoms with van der Waals surface area (Å²) in [5.41, 5.74) is 2.81. The summed E-state index contributed by atoms with van der Waals surface area (Å²) in [6, 6.07) is 11.6. The van der Waals surface area contributed by atoms with Gasteiger partial charge < -0.3 is 10.2 Å². The van der Waals surface area contributed by atoms with Crippen molar-refractivity contribution in [3.63, 3.8) is 0 Å². The molecule has 0 unspecified atom stereocenters. The zero-order chi connectivity index (χ0) is 24.6. The van der Waals surface area contributed by atoms with Gasteiger partial charge >= 0.3 is 6.18 Å². The summed E-state index contributed by atoms with van der Waals surface area (Å²) < 4.78 is 39.8. The predicted octanol–water partition coefficient (Wildman–Crippen LogP) is 5.15. The van der Waals surface area contributed by atoms with Crippen LogP contribution in [0, 0.1) is 6.92 Å². The van der Waals surface area contributed by atoms with Gasteiger partial charge in [0.25, 0.3) is 0 Å². The van der Waals surface area contributed by atoms with E-state index in [1.165, 1.54) is 18.1 Å². The van der Waals surface area contributed by atoms with Crippen molar-refractivity contribution in [1.82, 2.24) is 25.0 Å². The van der Waals surface area contributed by atoms with Gasteiger partial charge in [-0.1, -0.05) is 30.3 Å². The topological polar surface area (TPSA) is 63.1 Å². The van der Waals surface area contributed by atoms with Gasteiger partial charge in [-0.2, -0.15) is 18.3 Å². The van der Waals surface area contributed by atoms with Crippen molar-refractivity contribution < 1.29 is 18.0 Å². The number of alkyl halides is 3. The molecule has 2 aromatic heterocycles. The smallest absolute Gasteiger partial charge is 0.383 e. The van der Waals surface area contributed by atoms with Crippen molar-refractivity contribution in [1.29, 1.82) is 0 Å². The predicted molar refractivity (Wildman–Crippen MR) is 128 cm³/mol. The monoisotopic (exact) mass is 501 g/mol. The number of nitrogens with zero attached hydrogens (tertiary/aromatic N) is 4. The molecule has 2 aliphatic rings. The number of carbonyl (C=O) groups is 1. The molecule has 35 heavy (non-hydrogen) atoms. The van der Waals surface area contributed by atoms with Crippen LogP contribution in [0.4, 0.5) is 13.2 Å². The highest BCUT2D eigenvalue weighted by Crippen LogP contribution is 2.36. The van der Waals surface area contributed by atoms with Crippen LogP contribution in [-0.2, 0) is 17.5 Å². The maximum atomic E-state index is 12.9. The van der Waals surface area contributed by atoms with Gasteiger partial charge in [0.2, 0.25) is 5.91 Å². The van der Waals surface area contributed by atoms with Gasteiger partial charge in [-0.15, -0.1) is 11.3 Å². The minimum absolute atomic E-state index is 0.183. The molecule has 1 amide bonds. The first kappa shape index (κ1) is 23.6. The average Bonchev–Trinajstić information content (AvgIpc) is 3.60. The van der Waals surface area contributed by atoms with Crippen molar-refractivity contribution in [3.05, 3.63) is 75.6 Å². The number of benzene rings is 1. The van der Waals surface area contributed by atoms with Crippen molar-refractivity contribution in [2.75, 3.05) is 13.1 Å². The molecule has 0 saturated carbocycles. The molecule has 10 heteroatoms. The van der Waals surface area contributed by atoms with Gasteiger partial charge in [0.15, 0.2) is 5.69 Å². The third-order valence-electron chi connectivity index (χ3n) is 6.69. The van der Waals surface area contributed by atoms with Crippen molar-refractivity contribution >= 4 is 22.8 Å². The van der Waals surface area contributed by atoms with Crippen LogP contribution in [0.25, 0.3) is 5.57 Å². The molecule has 3 aromatic rings. The summed E-state index contributed by atoms with van der Waals surface area (Å²) in [4.78, 5) is 19.3. The van der Waals surface area contributed by atoms with Crippen LogP contribution >= 0.6 is 11.3 Å². The number of likely N-dealkylation sites (tertiary alicyclic amines) is 1. The van der Waals surface area contributed by atoms with Crippen molar-refractivity contribution in [2.45, 2.75) is 50.9 Å². The molecule has 1 N–H and O–H groups in total. The molecule has 0 radical (unpaired) electrons. The summed E-state index contributed by atoms with van der Waals surface area (Å²) in [7, 11) is 0. The number of piperidine rings is 1. The lowest BCUT2D eigenvalue weighted by atomic mass is 9.97. The highest BCUT2D eigenvalue weighted by Gasteiger charge is 2.35. The fraction of sp³-hybridized carbons (Fsp3) is 0.400. The molecule has 2 aliphatic heterocycles. The number of amides is 1. The van der Waals surface area contributed by atoms with E-state index in [4.69, 9.17) is 4.98 Å². The Kier molecular flexibility index (Phi) is 6.39. The molecular weight excluding hydrogens is 475 g/mol. The number of carbonyl (C=O) groups excluding carboxylic acids is 1. The maximum absolute atomic E-state index is 12.9. The summed E-state index contributed by atoms with van der Waals surface area (Å²) in [5.74, 6) is 0.0679. The number of halogens is 3. The van der Waals surface area contributed by atoms with Gasteiger partial charge in [0.05, 0.1) is 16.7 Å². The minimum atomic E-state index is -4.52. The molecule has 6 nitrogen and oxygen atoms in total. The average molecular weight is 502 g/mol. The zero-order valence-corrected chi connectivity index (χ0v) is 20.1. The summed E-state index contributed by atoms with van der Waals surface area (Å²) >= 11 is 1.66. The first-order chi connectivity index (χ1) is 16.8. The fourth-order valence-electron chi connectivity index (χ4n) is 4.65. The standard InChI is InChI=1S/C25H26F3N5OS/c1-16-11-22(25(26,27)28)31-33(16)14-23(34)32-9-7-18(8-10-32)24-30-21(15-35-24)19-12-20(29-13-19)17-5-3-2-4-6-17/h2-6,11,13,15,18,20,29H,7-10,12,14H2,1H3/t20-/m0/s1. The SMILES string of the molecule is Cc1cc(C(F)(F)F)nn1CC(=O)N1CCC(c2nc(C3=CN[C@H](c4ccccc4)C3)cs2)CC1. The number of aromatic nitrogens is 3. The van der Waals surface area contributed by atoms with Crippen LogP contribution in [0.5, 0.6) is 0 Å². The second-order valence-corrected chi connectivity index (χ2v) is 9.95. The number of nitrogens with one attached hydrogen (secondary N) is 1. The Morgan fingerprint density at radius 1 is 1.20 bits per heavy atom. The zero-order valence-electron chi connectivity index (χ0n) is 19.3. The number of thiazole rings is 1. The van der Waals surface area contributed by atoms with Gasteiger partial charge in [0, 0.05) is 42.7 Å². The lowest BCUT2D eigenvalue weighted by Gasteiger charge is -2.31. The Hall–Kier alpha value is -3.14. The van der Waals surface area contributed by atoms with E-state index in [1.807, 2.05) is 18.2 Å². The fourth-order valence-corrected chi connectivity index (χ4v) is 5.67. The lowest BCUT2D eigenvalue weighted by molar-refractivity contribution is -0.142. The third kappa shape index (κ3) is 5.12. The van der Waals surface area contributed by atoms with Crippen molar-refractivity contribution in [2.24, 2.45) is 0 Å². The van der Waals surface area contributed by atoms with E-state index in [9.17, 15) is 18.0 Å². The van der Waals surface area contributed by atoms with Crippen molar-refractivity contribution in [3.8, 4) is 0 Å². The normalized spacial score (nSPS) is 19.0. The maximum Gasteiger partial charge on any atom is 0.435 e. The Morgan fingerprint density at radius 2 is 1.94 bits per heavy atom. The minimum Gasteiger partial charge on any atom is -0.383 e. The summed E-state index contributed by atoms with van der Waals surface area (Å²) in [6.45, 7) is 2.47. The van der Waals surface area contributed by atoms with Crippen LogP contribution in [0.15, 0.2) is 48.0 Å². The second kappa shape index (κ2) is 9.49. The van der Waals surface area contributed by atoms with E-state index in [-0.39, 0.29) is 24.4 Å². The van der Waals surface area contributed by atoms with E-state index in [2.05, 4.69) is 34.1 Å². The number of aryl methyl sites for hydroxylation is 1. The van der Waals surface area contributed by atoms with E-state index < -0.39 is 11.9 Å². The van der Waals surface area contributed by atoms with Crippen LogP contribution in [0.2, 0.25) is 0 Å². The molecule has 5 rings (SSSR count). The first-order valence-corrected chi connectivity index (χ1v) is 12.5. The Bertz CT molecular complexity index is 1230. The van der Waals surface area contributed by atoms with Gasteiger partial charge in [-0.3, -0.25) is 9.48 Å². The van der Waals surface area contributed by atoms with Gasteiger partial charge in [0.1, 0.15) is 6.54 Å². The number of hydrogen-bond donors (Lipinski definition) is 1. The Morgan fingerprint density at radius 3 is 2.63 bits per heavy atom. The van der Waals surface area contributed by atoms with E-state index in [0.29, 0.717) is 18.8 Å². The summed E-state index contributed by atoms with van der Waals surface area (Å²) in [6.07, 6.45) is 0.00233. The number of rotatable bonds is 5. The Labute approximate surface area is 205 Å². The third-order valence-corrected chi connectivity index (χ3v) is 7.70. The molecular formula is C25H26F3N5OS. The first-order valence-electron chi connectivity index (χ1n) is 11.6. The summed E-state index contributed by atoms with van der Waals surface area (Å²) in [5, 5.41) is 10.2. The molecule has 1 saturated heterocycles. The Balaban J connectivity index is 1.15. The van der Waals surface area contributed by atoms with Crippen LogP contribution in [0.3, 0.4) is 0 Å². The van der Waals surface area contributed by atoms with E-state index in [1.54, 1.807) is 16.2 Å². The second-order valence-electron chi connectivity index (χ2n) is 9.06. The van der Waals surface area contributed by atoms with E-state index in [0.717, 1.165) is 40.7 Å².